The van der Waals surface area contributed by atoms with E-state index in [9.17, 15) is 9.59 Å². The van der Waals surface area contributed by atoms with E-state index in [0.717, 1.165) is 5.56 Å². The van der Waals surface area contributed by atoms with Gasteiger partial charge in [-0.25, -0.2) is 0 Å². The van der Waals surface area contributed by atoms with Crippen molar-refractivity contribution in [1.29, 1.82) is 0 Å². The first kappa shape index (κ1) is 18.0. The number of rotatable bonds is 7. The maximum atomic E-state index is 12.0. The molecule has 0 fully saturated rings. The zero-order chi connectivity index (χ0) is 17.4. The van der Waals surface area contributed by atoms with Gasteiger partial charge in [-0.3, -0.25) is 9.59 Å². The van der Waals surface area contributed by atoms with Crippen molar-refractivity contribution in [3.8, 4) is 0 Å². The number of nitrogens with one attached hydrogen (secondary N) is 2. The van der Waals surface area contributed by atoms with Crippen LogP contribution in [0.25, 0.3) is 0 Å². The van der Waals surface area contributed by atoms with Gasteiger partial charge in [0.2, 0.25) is 5.91 Å². The number of anilines is 1. The molecule has 0 heterocycles. The zero-order valence-corrected chi connectivity index (χ0v) is 13.8. The number of carbonyl (C=O) groups is 2. The Morgan fingerprint density at radius 2 is 1.67 bits per heavy atom. The highest BCUT2D eigenvalue weighted by Gasteiger charge is 2.07. The molecular weight excluding hydrogens is 328 g/mol. The van der Waals surface area contributed by atoms with E-state index in [2.05, 4.69) is 10.6 Å². The first-order chi connectivity index (χ1) is 11.6. The van der Waals surface area contributed by atoms with Crippen LogP contribution in [0.3, 0.4) is 0 Å². The van der Waals surface area contributed by atoms with E-state index in [1.807, 2.05) is 12.1 Å². The number of hydrogen-bond donors (Lipinski definition) is 3. The summed E-state index contributed by atoms with van der Waals surface area (Å²) in [6.07, 6.45) is 0.769. The van der Waals surface area contributed by atoms with E-state index >= 15 is 0 Å². The van der Waals surface area contributed by atoms with Gasteiger partial charge in [-0.05, 0) is 48.4 Å². The third kappa shape index (κ3) is 5.68. The van der Waals surface area contributed by atoms with Gasteiger partial charge in [-0.2, -0.15) is 0 Å². The average molecular weight is 347 g/mol. The van der Waals surface area contributed by atoms with Crippen molar-refractivity contribution < 1.29 is 14.7 Å². The number of amides is 2. The average Bonchev–Trinajstić information content (AvgIpc) is 2.58. The lowest BCUT2D eigenvalue weighted by molar-refractivity contribution is -0.115. The van der Waals surface area contributed by atoms with Crippen LogP contribution < -0.4 is 10.6 Å². The predicted molar refractivity (Wildman–Crippen MR) is 94.3 cm³/mol. The van der Waals surface area contributed by atoms with Gasteiger partial charge in [-0.15, -0.1) is 0 Å². The number of halogens is 1. The Labute approximate surface area is 145 Å². The van der Waals surface area contributed by atoms with E-state index in [-0.39, 0.29) is 24.8 Å². The summed E-state index contributed by atoms with van der Waals surface area (Å²) in [5, 5.41) is 14.8. The topological polar surface area (TPSA) is 78.4 Å². The quantitative estimate of drug-likeness (QED) is 0.674. The van der Waals surface area contributed by atoms with Crippen molar-refractivity contribution in [2.45, 2.75) is 12.8 Å². The van der Waals surface area contributed by atoms with Gasteiger partial charge in [0.25, 0.3) is 5.91 Å². The minimum absolute atomic E-state index is 0.0405. The van der Waals surface area contributed by atoms with Gasteiger partial charge in [-0.1, -0.05) is 23.7 Å². The van der Waals surface area contributed by atoms with Gasteiger partial charge in [0.15, 0.2) is 0 Å². The molecule has 0 aromatic heterocycles. The summed E-state index contributed by atoms with van der Waals surface area (Å²) in [5.41, 5.74) is 2.00. The highest BCUT2D eigenvalue weighted by Crippen LogP contribution is 2.12. The molecule has 126 valence electrons. The third-order valence-electron chi connectivity index (χ3n) is 3.33. The fourth-order valence-corrected chi connectivity index (χ4v) is 2.21. The lowest BCUT2D eigenvalue weighted by Crippen LogP contribution is -2.25. The molecule has 2 aromatic rings. The Balaban J connectivity index is 1.87. The molecule has 2 aromatic carbocycles. The molecule has 0 aliphatic rings. The molecular formula is C18H19ClN2O3. The fraction of sp³-hybridized carbons (Fsp3) is 0.222. The summed E-state index contributed by atoms with van der Waals surface area (Å²) in [6.45, 7) is 0.466. The highest BCUT2D eigenvalue weighted by molar-refractivity contribution is 6.30. The summed E-state index contributed by atoms with van der Waals surface area (Å²) in [4.78, 5) is 23.8. The molecule has 0 aliphatic carbocycles. The number of benzene rings is 2. The number of aliphatic hydroxyl groups is 1. The standard InChI is InChI=1S/C18H19ClN2O3/c19-15-6-2-13(3-7-15)12-17(23)21-16-8-4-14(5-9-16)18(24)20-10-1-11-22/h2-9,22H,1,10-12H2,(H,20,24)(H,21,23). The molecule has 2 amide bonds. The second-order valence-corrected chi connectivity index (χ2v) is 5.70. The highest BCUT2D eigenvalue weighted by atomic mass is 35.5. The fourth-order valence-electron chi connectivity index (χ4n) is 2.08. The van der Waals surface area contributed by atoms with Crippen molar-refractivity contribution in [2.75, 3.05) is 18.5 Å². The van der Waals surface area contributed by atoms with Crippen LogP contribution in [-0.4, -0.2) is 30.1 Å². The molecule has 0 bridgehead atoms. The van der Waals surface area contributed by atoms with Crippen LogP contribution in [0.15, 0.2) is 48.5 Å². The van der Waals surface area contributed by atoms with Gasteiger partial charge in [0, 0.05) is 29.4 Å². The summed E-state index contributed by atoms with van der Waals surface area (Å²) >= 11 is 5.81. The van der Waals surface area contributed by atoms with Gasteiger partial charge in [0.05, 0.1) is 6.42 Å². The first-order valence-electron chi connectivity index (χ1n) is 7.62. The first-order valence-corrected chi connectivity index (χ1v) is 7.99. The summed E-state index contributed by atoms with van der Waals surface area (Å²) < 4.78 is 0. The van der Waals surface area contributed by atoms with Crippen molar-refractivity contribution in [1.82, 2.24) is 5.32 Å². The Hall–Kier alpha value is -2.37. The number of aliphatic hydroxyl groups excluding tert-OH is 1. The number of carbonyl (C=O) groups excluding carboxylic acids is 2. The maximum Gasteiger partial charge on any atom is 0.251 e. The molecule has 5 nitrogen and oxygen atoms in total. The van der Waals surface area contributed by atoms with Crippen molar-refractivity contribution in [3.05, 3.63) is 64.7 Å². The van der Waals surface area contributed by atoms with Crippen LogP contribution in [0.5, 0.6) is 0 Å². The molecule has 0 atom stereocenters. The lowest BCUT2D eigenvalue weighted by Gasteiger charge is -2.07. The second kappa shape index (κ2) is 9.05. The smallest absolute Gasteiger partial charge is 0.251 e. The Morgan fingerprint density at radius 1 is 1.00 bits per heavy atom. The van der Waals surface area contributed by atoms with Gasteiger partial charge < -0.3 is 15.7 Å². The second-order valence-electron chi connectivity index (χ2n) is 5.26. The molecule has 2 rings (SSSR count). The predicted octanol–water partition coefficient (Wildman–Crippen LogP) is 2.63. The molecule has 0 saturated heterocycles. The molecule has 0 aliphatic heterocycles. The minimum Gasteiger partial charge on any atom is -0.396 e. The molecule has 0 spiro atoms. The summed E-state index contributed by atoms with van der Waals surface area (Å²) in [5.74, 6) is -0.347. The third-order valence-corrected chi connectivity index (χ3v) is 3.58. The van der Waals surface area contributed by atoms with Crippen molar-refractivity contribution in [2.24, 2.45) is 0 Å². The van der Waals surface area contributed by atoms with E-state index < -0.39 is 0 Å². The largest absolute Gasteiger partial charge is 0.396 e. The molecule has 0 unspecified atom stereocenters. The molecule has 0 radical (unpaired) electrons. The van der Waals surface area contributed by atoms with Crippen molar-refractivity contribution in [3.63, 3.8) is 0 Å². The molecule has 24 heavy (non-hydrogen) atoms. The molecule has 3 N–H and O–H groups in total. The number of hydrogen-bond acceptors (Lipinski definition) is 3. The minimum atomic E-state index is -0.206. The van der Waals surface area contributed by atoms with E-state index in [4.69, 9.17) is 16.7 Å². The van der Waals surface area contributed by atoms with Crippen LogP contribution in [0.1, 0.15) is 22.3 Å². The Morgan fingerprint density at radius 3 is 2.29 bits per heavy atom. The van der Waals surface area contributed by atoms with Crippen LogP contribution in [-0.2, 0) is 11.2 Å². The van der Waals surface area contributed by atoms with E-state index in [0.29, 0.717) is 29.2 Å². The molecule has 0 saturated carbocycles. The van der Waals surface area contributed by atoms with Crippen LogP contribution in [0.2, 0.25) is 5.02 Å². The van der Waals surface area contributed by atoms with Crippen molar-refractivity contribution >= 4 is 29.1 Å². The normalized spacial score (nSPS) is 10.2. The van der Waals surface area contributed by atoms with E-state index in [1.54, 1.807) is 36.4 Å². The lowest BCUT2D eigenvalue weighted by atomic mass is 10.1. The van der Waals surface area contributed by atoms with Crippen LogP contribution in [0, 0.1) is 0 Å². The monoisotopic (exact) mass is 346 g/mol. The van der Waals surface area contributed by atoms with Gasteiger partial charge in [0.1, 0.15) is 0 Å². The Bertz CT molecular complexity index is 684. The maximum absolute atomic E-state index is 12.0. The SMILES string of the molecule is O=C(Cc1ccc(Cl)cc1)Nc1ccc(C(=O)NCCCO)cc1. The zero-order valence-electron chi connectivity index (χ0n) is 13.1. The van der Waals surface area contributed by atoms with Crippen LogP contribution >= 0.6 is 11.6 Å². The molecule has 6 heteroatoms. The summed E-state index contributed by atoms with van der Waals surface area (Å²) in [7, 11) is 0. The van der Waals surface area contributed by atoms with E-state index in [1.165, 1.54) is 0 Å². The summed E-state index contributed by atoms with van der Waals surface area (Å²) in [6, 6.07) is 13.8. The Kier molecular flexibility index (Phi) is 6.78. The van der Waals surface area contributed by atoms with Crippen LogP contribution in [0.4, 0.5) is 5.69 Å². The van der Waals surface area contributed by atoms with Gasteiger partial charge >= 0.3 is 0 Å².